The molecule has 0 nitrogen and oxygen atoms in total. The quantitative estimate of drug-likeness (QED) is 0.552. The van der Waals surface area contributed by atoms with Crippen molar-refractivity contribution in [2.75, 3.05) is 0 Å². The molecule has 2 heteroatoms. The molecule has 0 saturated carbocycles. The van der Waals surface area contributed by atoms with E-state index >= 15 is 0 Å². The molecule has 0 aromatic carbocycles. The molecule has 0 radical (unpaired) electrons. The number of hydrogen-bond acceptors (Lipinski definition) is 0. The minimum absolute atomic E-state index is 0.720. The van der Waals surface area contributed by atoms with Gasteiger partial charge in [0.2, 0.25) is 0 Å². The molecule has 0 heterocycles. The van der Waals surface area contributed by atoms with Crippen molar-refractivity contribution in [3.63, 3.8) is 0 Å². The van der Waals surface area contributed by atoms with Crippen molar-refractivity contribution < 1.29 is 8.78 Å². The second-order valence-electron chi connectivity index (χ2n) is 5.28. The average molecular weight is 202 g/mol. The molecule has 0 saturated heterocycles. The summed E-state index contributed by atoms with van der Waals surface area (Å²) in [5, 5.41) is 0. The summed E-state index contributed by atoms with van der Waals surface area (Å²) in [6.07, 6.45) is 0.720. The molecule has 0 bridgehead atoms. The summed E-state index contributed by atoms with van der Waals surface area (Å²) in [5.41, 5.74) is -0.195. The number of allylic oxidation sites excluding steroid dienone is 2. The lowest BCUT2D eigenvalue weighted by Gasteiger charge is -2.37. The van der Waals surface area contributed by atoms with Crippen LogP contribution in [0.25, 0.3) is 0 Å². The predicted molar refractivity (Wildman–Crippen MR) is 55.5 cm³/mol. The Hall–Kier alpha value is -0.400. The normalized spacial score (nSPS) is 28.3. The van der Waals surface area contributed by atoms with Gasteiger partial charge in [-0.3, -0.25) is 0 Å². The van der Waals surface area contributed by atoms with Gasteiger partial charge in [-0.05, 0) is 13.3 Å². The Morgan fingerprint density at radius 3 is 1.57 bits per heavy atom. The molecule has 1 aliphatic carbocycles. The largest absolute Gasteiger partial charge is 0.265 e. The van der Waals surface area contributed by atoms with Gasteiger partial charge < -0.3 is 0 Å². The monoisotopic (exact) mass is 202 g/mol. The SMILES string of the molecule is CCC1=C(C)C(C)(C)C(F)(F)C1(C)C. The van der Waals surface area contributed by atoms with E-state index in [2.05, 4.69) is 0 Å². The lowest BCUT2D eigenvalue weighted by molar-refractivity contribution is -0.142. The molecule has 0 unspecified atom stereocenters. The van der Waals surface area contributed by atoms with Crippen LogP contribution in [-0.2, 0) is 0 Å². The van der Waals surface area contributed by atoms with Gasteiger partial charge in [-0.2, -0.15) is 0 Å². The van der Waals surface area contributed by atoms with Crippen molar-refractivity contribution in [2.45, 2.75) is 53.9 Å². The zero-order valence-corrected chi connectivity index (χ0v) is 9.96. The lowest BCUT2D eigenvalue weighted by atomic mass is 9.75. The van der Waals surface area contributed by atoms with Gasteiger partial charge in [0.1, 0.15) is 0 Å². The second kappa shape index (κ2) is 2.80. The molecule has 0 aromatic rings. The third-order valence-electron chi connectivity index (χ3n) is 4.07. The predicted octanol–water partition coefficient (Wildman–Crippen LogP) is 4.41. The van der Waals surface area contributed by atoms with Crippen molar-refractivity contribution in [3.05, 3.63) is 11.1 Å². The van der Waals surface area contributed by atoms with Crippen LogP contribution in [0.5, 0.6) is 0 Å². The fourth-order valence-corrected chi connectivity index (χ4v) is 2.76. The topological polar surface area (TPSA) is 0 Å². The highest BCUT2D eigenvalue weighted by atomic mass is 19.3. The van der Waals surface area contributed by atoms with E-state index in [4.69, 9.17) is 0 Å². The molecular weight excluding hydrogens is 182 g/mol. The molecule has 0 spiro atoms. The molecule has 82 valence electrons. The molecule has 1 rings (SSSR count). The van der Waals surface area contributed by atoms with Gasteiger partial charge in [0.25, 0.3) is 5.92 Å². The number of rotatable bonds is 1. The fourth-order valence-electron chi connectivity index (χ4n) is 2.76. The van der Waals surface area contributed by atoms with Crippen LogP contribution in [0.3, 0.4) is 0 Å². The smallest absolute Gasteiger partial charge is 0.205 e. The number of hydrogen-bond donors (Lipinski definition) is 0. The van der Waals surface area contributed by atoms with Crippen LogP contribution in [-0.4, -0.2) is 5.92 Å². The minimum Gasteiger partial charge on any atom is -0.205 e. The molecule has 1 aliphatic rings. The Morgan fingerprint density at radius 1 is 1.00 bits per heavy atom. The third kappa shape index (κ3) is 1.03. The fraction of sp³-hybridized carbons (Fsp3) is 0.833. The summed E-state index contributed by atoms with van der Waals surface area (Å²) >= 11 is 0. The third-order valence-corrected chi connectivity index (χ3v) is 4.07. The molecule has 0 aliphatic heterocycles. The van der Waals surface area contributed by atoms with Gasteiger partial charge in [-0.15, -0.1) is 0 Å². The van der Waals surface area contributed by atoms with Crippen LogP contribution in [0.4, 0.5) is 8.78 Å². The summed E-state index contributed by atoms with van der Waals surface area (Å²) in [6.45, 7) is 10.4. The zero-order chi connectivity index (χ0) is 11.4. The van der Waals surface area contributed by atoms with Crippen LogP contribution in [0.15, 0.2) is 11.1 Å². The van der Waals surface area contributed by atoms with Crippen molar-refractivity contribution in [1.82, 2.24) is 0 Å². The molecule has 0 atom stereocenters. The Morgan fingerprint density at radius 2 is 1.43 bits per heavy atom. The maximum Gasteiger partial charge on any atom is 0.265 e. The van der Waals surface area contributed by atoms with Crippen molar-refractivity contribution >= 4 is 0 Å². The maximum absolute atomic E-state index is 14.1. The van der Waals surface area contributed by atoms with Gasteiger partial charge in [0, 0.05) is 0 Å². The molecular formula is C12H20F2. The number of halogens is 2. The molecule has 0 amide bonds. The van der Waals surface area contributed by atoms with E-state index in [0.29, 0.717) is 0 Å². The highest BCUT2D eigenvalue weighted by molar-refractivity contribution is 5.37. The first kappa shape index (κ1) is 11.7. The van der Waals surface area contributed by atoms with Crippen LogP contribution >= 0.6 is 0 Å². The van der Waals surface area contributed by atoms with E-state index in [1.165, 1.54) is 0 Å². The van der Waals surface area contributed by atoms with Crippen molar-refractivity contribution in [2.24, 2.45) is 10.8 Å². The van der Waals surface area contributed by atoms with E-state index in [0.717, 1.165) is 17.6 Å². The van der Waals surface area contributed by atoms with Gasteiger partial charge in [0.15, 0.2) is 0 Å². The standard InChI is InChI=1S/C12H20F2/c1-7-9-8(2)10(3,4)12(13,14)11(9,5)6/h7H2,1-6H3. The maximum atomic E-state index is 14.1. The summed E-state index contributed by atoms with van der Waals surface area (Å²) in [6, 6.07) is 0. The van der Waals surface area contributed by atoms with E-state index in [1.54, 1.807) is 27.7 Å². The van der Waals surface area contributed by atoms with E-state index in [9.17, 15) is 8.78 Å². The first-order valence-electron chi connectivity index (χ1n) is 5.19. The second-order valence-corrected chi connectivity index (χ2v) is 5.28. The summed E-state index contributed by atoms with van der Waals surface area (Å²) < 4.78 is 28.3. The number of alkyl halides is 2. The van der Waals surface area contributed by atoms with Gasteiger partial charge >= 0.3 is 0 Å². The van der Waals surface area contributed by atoms with Crippen LogP contribution in [0, 0.1) is 10.8 Å². The van der Waals surface area contributed by atoms with E-state index < -0.39 is 16.8 Å². The Bertz CT molecular complexity index is 283. The van der Waals surface area contributed by atoms with Crippen molar-refractivity contribution in [1.29, 1.82) is 0 Å². The highest BCUT2D eigenvalue weighted by Crippen LogP contribution is 2.63. The van der Waals surface area contributed by atoms with E-state index in [-0.39, 0.29) is 0 Å². The summed E-state index contributed by atoms with van der Waals surface area (Å²) in [5.74, 6) is -2.64. The zero-order valence-electron chi connectivity index (χ0n) is 9.96. The first-order chi connectivity index (χ1) is 6.10. The van der Waals surface area contributed by atoms with Gasteiger partial charge in [0.05, 0.1) is 10.8 Å². The molecule has 14 heavy (non-hydrogen) atoms. The van der Waals surface area contributed by atoms with E-state index in [1.807, 2.05) is 13.8 Å². The van der Waals surface area contributed by atoms with Crippen LogP contribution in [0.2, 0.25) is 0 Å². The Balaban J connectivity index is 3.39. The Labute approximate surface area is 85.4 Å². The minimum atomic E-state index is -2.64. The van der Waals surface area contributed by atoms with Crippen LogP contribution < -0.4 is 0 Å². The summed E-state index contributed by atoms with van der Waals surface area (Å²) in [4.78, 5) is 0. The average Bonchev–Trinajstić information content (AvgIpc) is 2.10. The first-order valence-corrected chi connectivity index (χ1v) is 5.19. The van der Waals surface area contributed by atoms with Gasteiger partial charge in [-0.25, -0.2) is 8.78 Å². The molecule has 0 N–H and O–H groups in total. The van der Waals surface area contributed by atoms with Gasteiger partial charge in [-0.1, -0.05) is 45.8 Å². The lowest BCUT2D eigenvalue weighted by Crippen LogP contribution is -2.43. The molecule has 0 fully saturated rings. The highest BCUT2D eigenvalue weighted by Gasteiger charge is 2.64. The Kier molecular flexibility index (Phi) is 2.34. The summed E-state index contributed by atoms with van der Waals surface area (Å²) in [7, 11) is 0. The van der Waals surface area contributed by atoms with Crippen LogP contribution in [0.1, 0.15) is 48.0 Å². The molecule has 0 aromatic heterocycles. The van der Waals surface area contributed by atoms with Crippen molar-refractivity contribution in [3.8, 4) is 0 Å².